The van der Waals surface area contributed by atoms with Crippen LogP contribution in [0.25, 0.3) is 33.4 Å². The van der Waals surface area contributed by atoms with Gasteiger partial charge in [-0.3, -0.25) is 9.69 Å². The Labute approximate surface area is 222 Å². The maximum atomic E-state index is 12.5. The van der Waals surface area contributed by atoms with E-state index in [2.05, 4.69) is 75.9 Å². The van der Waals surface area contributed by atoms with Crippen LogP contribution >= 0.6 is 11.6 Å². The average Bonchev–Trinajstić information content (AvgIpc) is 3.52. The van der Waals surface area contributed by atoms with Gasteiger partial charge in [-0.1, -0.05) is 48.5 Å². The van der Waals surface area contributed by atoms with E-state index >= 15 is 0 Å². The van der Waals surface area contributed by atoms with Crippen molar-refractivity contribution in [2.45, 2.75) is 13.0 Å². The molecule has 0 unspecified atom stereocenters. The van der Waals surface area contributed by atoms with E-state index in [0.29, 0.717) is 11.6 Å². The van der Waals surface area contributed by atoms with Crippen LogP contribution in [0, 0.1) is 0 Å². The summed E-state index contributed by atoms with van der Waals surface area (Å²) in [5.74, 6) is -0.0774. The Morgan fingerprint density at radius 1 is 1.08 bits per heavy atom. The Kier molecular flexibility index (Phi) is 6.32. The number of H-pyrrole nitrogens is 1. The number of amides is 1. The highest BCUT2D eigenvalue weighted by atomic mass is 35.5. The fourth-order valence-electron chi connectivity index (χ4n) is 5.55. The largest absolute Gasteiger partial charge is 0.339 e. The SMILES string of the molecule is C=CC(=O)N1CCc2ccc(-c3c(-c4cccc(CN5CCN(C)CC5)c4)[nH]c4nccc(Cl)c34)cc21. The van der Waals surface area contributed by atoms with Gasteiger partial charge in [0.25, 0.3) is 0 Å². The number of nitrogens with zero attached hydrogens (tertiary/aromatic N) is 4. The molecule has 7 heteroatoms. The molecule has 4 heterocycles. The summed E-state index contributed by atoms with van der Waals surface area (Å²) >= 11 is 6.76. The minimum atomic E-state index is -0.0774. The molecule has 2 aromatic heterocycles. The lowest BCUT2D eigenvalue weighted by Crippen LogP contribution is -2.43. The van der Waals surface area contributed by atoms with Crippen molar-refractivity contribution in [1.82, 2.24) is 19.8 Å². The number of hydrogen-bond acceptors (Lipinski definition) is 4. The van der Waals surface area contributed by atoms with E-state index < -0.39 is 0 Å². The van der Waals surface area contributed by atoms with Gasteiger partial charge in [-0.15, -0.1) is 0 Å². The van der Waals surface area contributed by atoms with Crippen LogP contribution in [-0.4, -0.2) is 65.4 Å². The van der Waals surface area contributed by atoms with E-state index in [-0.39, 0.29) is 5.91 Å². The fourth-order valence-corrected chi connectivity index (χ4v) is 5.79. The number of rotatable bonds is 5. The zero-order valence-corrected chi connectivity index (χ0v) is 21.8. The number of likely N-dealkylation sites (N-methyl/N-ethyl adjacent to an activating group) is 1. The van der Waals surface area contributed by atoms with Crippen molar-refractivity contribution >= 4 is 34.2 Å². The summed E-state index contributed by atoms with van der Waals surface area (Å²) in [5.41, 5.74) is 8.22. The first kappa shape index (κ1) is 23.9. The predicted octanol–water partition coefficient (Wildman–Crippen LogP) is 5.37. The second kappa shape index (κ2) is 9.78. The molecule has 1 saturated heterocycles. The summed E-state index contributed by atoms with van der Waals surface area (Å²) in [5, 5.41) is 1.54. The Hall–Kier alpha value is -3.45. The van der Waals surface area contributed by atoms with E-state index in [1.54, 1.807) is 11.1 Å². The smallest absolute Gasteiger partial charge is 0.250 e. The first-order chi connectivity index (χ1) is 18.0. The lowest BCUT2D eigenvalue weighted by Gasteiger charge is -2.32. The molecule has 188 valence electrons. The van der Waals surface area contributed by atoms with Crippen molar-refractivity contribution in [3.8, 4) is 22.4 Å². The Bertz CT molecular complexity index is 1500. The van der Waals surface area contributed by atoms with Gasteiger partial charge in [-0.2, -0.15) is 0 Å². The van der Waals surface area contributed by atoms with Crippen LogP contribution in [-0.2, 0) is 17.8 Å². The zero-order valence-electron chi connectivity index (χ0n) is 21.0. The number of nitrogens with one attached hydrogen (secondary N) is 1. The second-order valence-electron chi connectivity index (χ2n) is 9.96. The molecular formula is C30H30ClN5O. The molecular weight excluding hydrogens is 482 g/mol. The first-order valence-electron chi connectivity index (χ1n) is 12.8. The van der Waals surface area contributed by atoms with Crippen molar-refractivity contribution in [1.29, 1.82) is 0 Å². The molecule has 6 nitrogen and oxygen atoms in total. The summed E-state index contributed by atoms with van der Waals surface area (Å²) in [6, 6.07) is 16.9. The van der Waals surface area contributed by atoms with Gasteiger partial charge < -0.3 is 14.8 Å². The van der Waals surface area contributed by atoms with Crippen molar-refractivity contribution < 1.29 is 4.79 Å². The number of piperazine rings is 1. The lowest BCUT2D eigenvalue weighted by atomic mass is 9.96. The summed E-state index contributed by atoms with van der Waals surface area (Å²) in [6.07, 6.45) is 3.95. The molecule has 0 radical (unpaired) electrons. The van der Waals surface area contributed by atoms with Crippen LogP contribution < -0.4 is 4.90 Å². The molecule has 2 aromatic carbocycles. The summed E-state index contributed by atoms with van der Waals surface area (Å²) < 4.78 is 0. The quantitative estimate of drug-likeness (QED) is 0.366. The van der Waals surface area contributed by atoms with E-state index in [1.807, 2.05) is 6.07 Å². The maximum Gasteiger partial charge on any atom is 0.250 e. The Morgan fingerprint density at radius 2 is 1.92 bits per heavy atom. The molecule has 0 spiro atoms. The number of anilines is 1. The van der Waals surface area contributed by atoms with Crippen molar-refractivity contribution in [3.05, 3.63) is 83.5 Å². The molecule has 1 fully saturated rings. The first-order valence-corrected chi connectivity index (χ1v) is 13.1. The molecule has 0 saturated carbocycles. The van der Waals surface area contributed by atoms with Crippen LogP contribution in [0.3, 0.4) is 0 Å². The third-order valence-corrected chi connectivity index (χ3v) is 7.89. The molecule has 2 aliphatic rings. The van der Waals surface area contributed by atoms with Gasteiger partial charge in [0.05, 0.1) is 10.7 Å². The molecule has 4 aromatic rings. The van der Waals surface area contributed by atoms with Crippen LogP contribution in [0.4, 0.5) is 5.69 Å². The van der Waals surface area contributed by atoms with Crippen LogP contribution in [0.5, 0.6) is 0 Å². The average molecular weight is 512 g/mol. The number of pyridine rings is 1. The highest BCUT2D eigenvalue weighted by Gasteiger charge is 2.26. The molecule has 6 rings (SSSR count). The third kappa shape index (κ3) is 4.46. The van der Waals surface area contributed by atoms with Crippen molar-refractivity contribution in [3.63, 3.8) is 0 Å². The zero-order chi connectivity index (χ0) is 25.5. The number of aromatic nitrogens is 2. The van der Waals surface area contributed by atoms with Crippen molar-refractivity contribution in [2.24, 2.45) is 0 Å². The maximum absolute atomic E-state index is 12.5. The summed E-state index contributed by atoms with van der Waals surface area (Å²) in [6.45, 7) is 9.62. The number of benzene rings is 2. The number of carbonyl (C=O) groups excluding carboxylic acids is 1. The third-order valence-electron chi connectivity index (χ3n) is 7.57. The number of fused-ring (bicyclic) bond motifs is 2. The van der Waals surface area contributed by atoms with E-state index in [4.69, 9.17) is 11.6 Å². The lowest BCUT2D eigenvalue weighted by molar-refractivity contribution is -0.114. The standard InChI is InChI=1S/C30H30ClN5O/c1-3-26(37)36-12-10-21-7-8-22(18-25(21)36)27-28-24(31)9-11-32-30(28)33-29(27)23-6-4-5-20(17-23)19-35-15-13-34(2)14-16-35/h3-9,11,17-18H,1,10,12-16,19H2,2H3,(H,32,33). The van der Waals surface area contributed by atoms with Gasteiger partial charge in [0.2, 0.25) is 5.91 Å². The van der Waals surface area contributed by atoms with Crippen LogP contribution in [0.2, 0.25) is 5.02 Å². The number of halogens is 1. The summed E-state index contributed by atoms with van der Waals surface area (Å²) in [4.78, 5) is 27.4. The van der Waals surface area contributed by atoms with E-state index in [1.165, 1.54) is 17.2 Å². The van der Waals surface area contributed by atoms with Crippen LogP contribution in [0.1, 0.15) is 11.1 Å². The van der Waals surface area contributed by atoms with Gasteiger partial charge in [0, 0.05) is 62.1 Å². The van der Waals surface area contributed by atoms with Gasteiger partial charge in [0.1, 0.15) is 5.65 Å². The normalized spacial score (nSPS) is 16.3. The van der Waals surface area contributed by atoms with Gasteiger partial charge in [0.15, 0.2) is 0 Å². The second-order valence-corrected chi connectivity index (χ2v) is 10.4. The minimum Gasteiger partial charge on any atom is -0.339 e. The Morgan fingerprint density at radius 3 is 2.73 bits per heavy atom. The van der Waals surface area contributed by atoms with E-state index in [9.17, 15) is 4.79 Å². The van der Waals surface area contributed by atoms with Crippen LogP contribution in [0.15, 0.2) is 67.4 Å². The van der Waals surface area contributed by atoms with E-state index in [0.717, 1.165) is 78.2 Å². The minimum absolute atomic E-state index is 0.0774. The molecule has 0 bridgehead atoms. The van der Waals surface area contributed by atoms with Crippen molar-refractivity contribution in [2.75, 3.05) is 44.7 Å². The number of aromatic amines is 1. The van der Waals surface area contributed by atoms with Gasteiger partial charge in [-0.05, 0) is 60.0 Å². The number of hydrogen-bond donors (Lipinski definition) is 1. The predicted molar refractivity (Wildman–Crippen MR) is 151 cm³/mol. The molecule has 1 amide bonds. The topological polar surface area (TPSA) is 55.5 Å². The molecule has 37 heavy (non-hydrogen) atoms. The molecule has 0 aliphatic carbocycles. The Balaban J connectivity index is 1.45. The molecule has 2 aliphatic heterocycles. The van der Waals surface area contributed by atoms with Gasteiger partial charge >= 0.3 is 0 Å². The highest BCUT2D eigenvalue weighted by molar-refractivity contribution is 6.36. The monoisotopic (exact) mass is 511 g/mol. The molecule has 0 atom stereocenters. The molecule has 1 N–H and O–H groups in total. The van der Waals surface area contributed by atoms with Gasteiger partial charge in [-0.25, -0.2) is 4.98 Å². The fraction of sp³-hybridized carbons (Fsp3) is 0.267. The highest BCUT2D eigenvalue weighted by Crippen LogP contribution is 2.43. The summed E-state index contributed by atoms with van der Waals surface area (Å²) in [7, 11) is 2.18. The number of carbonyl (C=O) groups is 1.